The molecule has 0 radical (unpaired) electrons. The molecule has 2 unspecified atom stereocenters. The van der Waals surface area contributed by atoms with Crippen molar-refractivity contribution in [1.82, 2.24) is 20.8 Å². The van der Waals surface area contributed by atoms with Gasteiger partial charge in [-0.15, -0.1) is 0 Å². The number of carbonyl (C=O) groups excluding carboxylic acids is 2. The molecular weight excluding hydrogens is 366 g/mol. The zero-order chi connectivity index (χ0) is 20.2. The van der Waals surface area contributed by atoms with Crippen LogP contribution in [0, 0.1) is 0 Å². The van der Waals surface area contributed by atoms with E-state index in [0.717, 1.165) is 17.5 Å². The lowest BCUT2D eigenvalue weighted by atomic mass is 9.99. The van der Waals surface area contributed by atoms with Gasteiger partial charge >= 0.3 is 0 Å². The molecule has 0 spiro atoms. The first-order valence-corrected chi connectivity index (χ1v) is 9.93. The van der Waals surface area contributed by atoms with Crippen molar-refractivity contribution in [3.05, 3.63) is 71.3 Å². The number of rotatable bonds is 6. The molecule has 2 heterocycles. The molecule has 150 valence electrons. The van der Waals surface area contributed by atoms with Crippen molar-refractivity contribution in [1.29, 1.82) is 0 Å². The Bertz CT molecular complexity index is 897. The SMILES string of the molecule is CCc1ccc(C2CC3C(=O)N(CC(=O)NCc4ccccc4)N=CN3N2)cc1. The minimum atomic E-state index is -0.356. The molecule has 2 amide bonds. The number of nitrogens with one attached hydrogen (secondary N) is 2. The molecule has 0 aliphatic carbocycles. The third-order valence-corrected chi connectivity index (χ3v) is 5.37. The van der Waals surface area contributed by atoms with Gasteiger partial charge in [0.2, 0.25) is 5.91 Å². The maximum atomic E-state index is 12.8. The zero-order valence-corrected chi connectivity index (χ0v) is 16.4. The van der Waals surface area contributed by atoms with Crippen molar-refractivity contribution in [2.24, 2.45) is 5.10 Å². The number of amides is 2. The van der Waals surface area contributed by atoms with Crippen LogP contribution in [-0.2, 0) is 22.6 Å². The molecule has 2 aliphatic heterocycles. The Hall–Kier alpha value is -3.19. The van der Waals surface area contributed by atoms with E-state index in [4.69, 9.17) is 0 Å². The van der Waals surface area contributed by atoms with Gasteiger partial charge in [0.15, 0.2) is 0 Å². The third kappa shape index (κ3) is 4.30. The molecule has 1 saturated heterocycles. The van der Waals surface area contributed by atoms with Crippen molar-refractivity contribution in [2.45, 2.75) is 38.4 Å². The predicted molar refractivity (Wildman–Crippen MR) is 110 cm³/mol. The summed E-state index contributed by atoms with van der Waals surface area (Å²) in [5.41, 5.74) is 6.78. The quantitative estimate of drug-likeness (QED) is 0.789. The Morgan fingerprint density at radius 3 is 2.62 bits per heavy atom. The second kappa shape index (κ2) is 8.45. The van der Waals surface area contributed by atoms with Crippen molar-refractivity contribution in [3.63, 3.8) is 0 Å². The smallest absolute Gasteiger partial charge is 0.267 e. The minimum Gasteiger partial charge on any atom is -0.350 e. The standard InChI is InChI=1S/C22H25N5O2/c1-2-16-8-10-18(11-9-16)19-12-20-22(29)26(24-15-27(20)25-19)14-21(28)23-13-17-6-4-3-5-7-17/h3-11,15,19-20,25H,2,12-14H2,1H3,(H,23,28). The summed E-state index contributed by atoms with van der Waals surface area (Å²) in [4.78, 5) is 25.1. The number of hydrazine groups is 1. The van der Waals surface area contributed by atoms with E-state index in [9.17, 15) is 9.59 Å². The summed E-state index contributed by atoms with van der Waals surface area (Å²) < 4.78 is 0. The van der Waals surface area contributed by atoms with E-state index in [1.807, 2.05) is 30.3 Å². The molecule has 1 fully saturated rings. The van der Waals surface area contributed by atoms with Crippen LogP contribution in [0.5, 0.6) is 0 Å². The molecule has 0 saturated carbocycles. The predicted octanol–water partition coefficient (Wildman–Crippen LogP) is 1.97. The summed E-state index contributed by atoms with van der Waals surface area (Å²) in [5, 5.41) is 10.0. The van der Waals surface area contributed by atoms with E-state index >= 15 is 0 Å². The molecule has 2 atom stereocenters. The molecule has 0 aromatic heterocycles. The first-order chi connectivity index (χ1) is 14.1. The molecule has 4 rings (SSSR count). The topological polar surface area (TPSA) is 77.0 Å². The molecule has 7 nitrogen and oxygen atoms in total. The lowest BCUT2D eigenvalue weighted by molar-refractivity contribution is -0.140. The lowest BCUT2D eigenvalue weighted by Crippen LogP contribution is -2.52. The van der Waals surface area contributed by atoms with Gasteiger partial charge in [0, 0.05) is 6.54 Å². The van der Waals surface area contributed by atoms with E-state index in [-0.39, 0.29) is 30.4 Å². The normalized spacial score (nSPS) is 20.7. The highest BCUT2D eigenvalue weighted by atomic mass is 16.2. The van der Waals surface area contributed by atoms with Gasteiger partial charge < -0.3 is 5.32 Å². The van der Waals surface area contributed by atoms with Gasteiger partial charge in [-0.1, -0.05) is 61.5 Å². The van der Waals surface area contributed by atoms with Crippen LogP contribution >= 0.6 is 0 Å². The molecule has 0 bridgehead atoms. The molecule has 2 aromatic carbocycles. The summed E-state index contributed by atoms with van der Waals surface area (Å²) in [7, 11) is 0. The monoisotopic (exact) mass is 391 g/mol. The minimum absolute atomic E-state index is 0.0492. The largest absolute Gasteiger partial charge is 0.350 e. The maximum absolute atomic E-state index is 12.8. The third-order valence-electron chi connectivity index (χ3n) is 5.37. The van der Waals surface area contributed by atoms with Crippen LogP contribution in [-0.4, -0.2) is 40.8 Å². The van der Waals surface area contributed by atoms with Crippen LogP contribution in [0.2, 0.25) is 0 Å². The fourth-order valence-electron chi connectivity index (χ4n) is 3.64. The first kappa shape index (κ1) is 19.1. The van der Waals surface area contributed by atoms with Crippen LogP contribution in [0.4, 0.5) is 0 Å². The van der Waals surface area contributed by atoms with Gasteiger partial charge in [0.05, 0.1) is 6.04 Å². The molecule has 2 aromatic rings. The molecule has 7 heteroatoms. The summed E-state index contributed by atoms with van der Waals surface area (Å²) in [6.45, 7) is 2.48. The molecule has 2 N–H and O–H groups in total. The van der Waals surface area contributed by atoms with Gasteiger partial charge in [0.1, 0.15) is 18.9 Å². The van der Waals surface area contributed by atoms with Crippen LogP contribution in [0.15, 0.2) is 59.7 Å². The average Bonchev–Trinajstić information content (AvgIpc) is 3.20. The number of fused-ring (bicyclic) bond motifs is 1. The fraction of sp³-hybridized carbons (Fsp3) is 0.318. The summed E-state index contributed by atoms with van der Waals surface area (Å²) in [6.07, 6.45) is 3.23. The number of carbonyl (C=O) groups is 2. The van der Waals surface area contributed by atoms with Crippen molar-refractivity contribution >= 4 is 18.2 Å². The number of aryl methyl sites for hydroxylation is 1. The number of hydrogen-bond acceptors (Lipinski definition) is 5. The maximum Gasteiger partial charge on any atom is 0.267 e. The Balaban J connectivity index is 1.34. The van der Waals surface area contributed by atoms with E-state index in [1.165, 1.54) is 10.6 Å². The Labute approximate surface area is 170 Å². The van der Waals surface area contributed by atoms with Crippen LogP contribution in [0.25, 0.3) is 0 Å². The second-order valence-corrected chi connectivity index (χ2v) is 7.32. The van der Waals surface area contributed by atoms with Gasteiger partial charge in [0.25, 0.3) is 5.91 Å². The molecular formula is C22H25N5O2. The average molecular weight is 391 g/mol. The highest BCUT2D eigenvalue weighted by Crippen LogP contribution is 2.29. The Kier molecular flexibility index (Phi) is 5.57. The summed E-state index contributed by atoms with van der Waals surface area (Å²) in [6, 6.07) is 17.8. The molecule has 2 aliphatic rings. The highest BCUT2D eigenvalue weighted by molar-refractivity contribution is 5.91. The van der Waals surface area contributed by atoms with E-state index < -0.39 is 0 Å². The number of hydrogen-bond donors (Lipinski definition) is 2. The number of benzene rings is 2. The summed E-state index contributed by atoms with van der Waals surface area (Å²) >= 11 is 0. The van der Waals surface area contributed by atoms with Gasteiger partial charge in [-0.3, -0.25) is 14.6 Å². The van der Waals surface area contributed by atoms with Gasteiger partial charge in [-0.2, -0.15) is 5.10 Å². The van der Waals surface area contributed by atoms with Crippen LogP contribution < -0.4 is 10.7 Å². The second-order valence-electron chi connectivity index (χ2n) is 7.32. The van der Waals surface area contributed by atoms with Gasteiger partial charge in [-0.05, 0) is 29.5 Å². The zero-order valence-electron chi connectivity index (χ0n) is 16.4. The van der Waals surface area contributed by atoms with Crippen molar-refractivity contribution < 1.29 is 9.59 Å². The van der Waals surface area contributed by atoms with Gasteiger partial charge in [-0.25, -0.2) is 10.4 Å². The first-order valence-electron chi connectivity index (χ1n) is 9.93. The number of nitrogens with zero attached hydrogens (tertiary/aromatic N) is 3. The van der Waals surface area contributed by atoms with E-state index in [0.29, 0.717) is 13.0 Å². The van der Waals surface area contributed by atoms with E-state index in [1.54, 1.807) is 11.3 Å². The lowest BCUT2D eigenvalue weighted by Gasteiger charge is -2.29. The van der Waals surface area contributed by atoms with Crippen molar-refractivity contribution in [3.8, 4) is 0 Å². The Morgan fingerprint density at radius 2 is 1.90 bits per heavy atom. The highest BCUT2D eigenvalue weighted by Gasteiger charge is 2.41. The molecule has 29 heavy (non-hydrogen) atoms. The van der Waals surface area contributed by atoms with Crippen LogP contribution in [0.1, 0.15) is 36.1 Å². The fourth-order valence-corrected chi connectivity index (χ4v) is 3.64. The van der Waals surface area contributed by atoms with Crippen molar-refractivity contribution in [2.75, 3.05) is 6.54 Å². The number of hydrazone groups is 1. The Morgan fingerprint density at radius 1 is 1.14 bits per heavy atom. The summed E-state index contributed by atoms with van der Waals surface area (Å²) in [5.74, 6) is -0.395. The van der Waals surface area contributed by atoms with Crippen LogP contribution in [0.3, 0.4) is 0 Å². The van der Waals surface area contributed by atoms with E-state index in [2.05, 4.69) is 47.0 Å².